The highest BCUT2D eigenvalue weighted by Gasteiger charge is 2.19. The van der Waals surface area contributed by atoms with Crippen molar-refractivity contribution in [2.45, 2.75) is 78.3 Å². The van der Waals surface area contributed by atoms with E-state index in [0.717, 1.165) is 12.8 Å². The summed E-state index contributed by atoms with van der Waals surface area (Å²) in [6.45, 7) is 13.5. The number of hydrogen-bond donors (Lipinski definition) is 0. The predicted molar refractivity (Wildman–Crippen MR) is 74.7 cm³/mol. The van der Waals surface area contributed by atoms with Crippen LogP contribution in [0.4, 0.5) is 0 Å². The third kappa shape index (κ3) is 13.5. The van der Waals surface area contributed by atoms with Crippen LogP contribution in [0, 0.1) is 0 Å². The normalized spacial score (nSPS) is 15.1. The number of nitrogens with zero attached hydrogens (tertiary/aromatic N) is 2. The van der Waals surface area contributed by atoms with Gasteiger partial charge in [0.1, 0.15) is 5.78 Å². The average molecular weight is 263 g/mol. The van der Waals surface area contributed by atoms with E-state index < -0.39 is 5.00 Å². The molecule has 0 N–H and O–H groups in total. The lowest BCUT2D eigenvalue weighted by molar-refractivity contribution is -0.116. The summed E-state index contributed by atoms with van der Waals surface area (Å²) in [6, 6.07) is 0. The number of hydrogen-bond acceptors (Lipinski definition) is 3. The van der Waals surface area contributed by atoms with Gasteiger partial charge in [0.2, 0.25) is 0 Å². The lowest BCUT2D eigenvalue weighted by Gasteiger charge is -2.18. The number of Topliss-reactive ketones (excluding diaryl/α,β-unsaturated/α-hetero) is 1. The van der Waals surface area contributed by atoms with Crippen molar-refractivity contribution in [1.29, 1.82) is 0 Å². The fourth-order valence-corrected chi connectivity index (χ4v) is 0.419. The Hall–Kier alpha value is -0.440. The Morgan fingerprint density at radius 1 is 1.06 bits per heavy atom. The van der Waals surface area contributed by atoms with Crippen molar-refractivity contribution in [3.05, 3.63) is 0 Å². The maximum Gasteiger partial charge on any atom is 0.151 e. The summed E-state index contributed by atoms with van der Waals surface area (Å²) in [6.07, 6.45) is 2.45. The van der Waals surface area contributed by atoms with Crippen LogP contribution in [0.25, 0.3) is 0 Å². The Kier molecular flexibility index (Phi) is 9.59. The second-order valence-electron chi connectivity index (χ2n) is 4.92. The molecule has 0 heterocycles. The Morgan fingerprint density at radius 2 is 1.47 bits per heavy atom. The molecule has 17 heavy (non-hydrogen) atoms. The molecule has 0 aliphatic rings. The molecule has 0 saturated carbocycles. The van der Waals surface area contributed by atoms with Gasteiger partial charge in [0.15, 0.2) is 5.00 Å². The van der Waals surface area contributed by atoms with Crippen molar-refractivity contribution >= 4 is 17.4 Å². The SMILES string of the molecule is CCC(C)(C)N=NC(C)(Cl)CC.CCC(C)=O. The van der Waals surface area contributed by atoms with Gasteiger partial charge in [-0.1, -0.05) is 32.4 Å². The molecule has 0 aromatic carbocycles. The quantitative estimate of drug-likeness (QED) is 0.391. The summed E-state index contributed by atoms with van der Waals surface area (Å²) in [4.78, 5) is 9.29. The fraction of sp³-hybridized carbons (Fsp3) is 0.923. The van der Waals surface area contributed by atoms with Crippen molar-refractivity contribution < 1.29 is 4.79 Å². The van der Waals surface area contributed by atoms with Gasteiger partial charge in [-0.05, 0) is 40.5 Å². The highest BCUT2D eigenvalue weighted by atomic mass is 35.5. The molecule has 4 heteroatoms. The molecule has 1 atom stereocenters. The van der Waals surface area contributed by atoms with E-state index in [2.05, 4.69) is 31.0 Å². The van der Waals surface area contributed by atoms with Crippen molar-refractivity contribution in [3.63, 3.8) is 0 Å². The van der Waals surface area contributed by atoms with Crippen molar-refractivity contribution in [1.82, 2.24) is 0 Å². The van der Waals surface area contributed by atoms with Crippen molar-refractivity contribution in [2.75, 3.05) is 0 Å². The van der Waals surface area contributed by atoms with Gasteiger partial charge in [-0.2, -0.15) is 10.2 Å². The molecule has 0 aromatic heterocycles. The summed E-state index contributed by atoms with van der Waals surface area (Å²) in [5, 5.41) is 8.32. The zero-order valence-electron chi connectivity index (χ0n) is 12.3. The highest BCUT2D eigenvalue weighted by Crippen LogP contribution is 2.24. The van der Waals surface area contributed by atoms with Gasteiger partial charge < -0.3 is 4.79 Å². The van der Waals surface area contributed by atoms with Gasteiger partial charge in [-0.3, -0.25) is 0 Å². The van der Waals surface area contributed by atoms with Gasteiger partial charge in [0.05, 0.1) is 5.54 Å². The van der Waals surface area contributed by atoms with Crippen LogP contribution in [0.15, 0.2) is 10.2 Å². The molecule has 3 nitrogen and oxygen atoms in total. The number of rotatable bonds is 5. The topological polar surface area (TPSA) is 41.8 Å². The molecular weight excluding hydrogens is 236 g/mol. The molecule has 102 valence electrons. The predicted octanol–water partition coefficient (Wildman–Crippen LogP) is 4.98. The van der Waals surface area contributed by atoms with Crippen LogP contribution in [0.5, 0.6) is 0 Å². The zero-order valence-corrected chi connectivity index (χ0v) is 13.1. The molecule has 0 aliphatic carbocycles. The number of halogens is 1. The minimum atomic E-state index is -0.521. The van der Waals surface area contributed by atoms with E-state index in [1.54, 1.807) is 6.92 Å². The maximum absolute atomic E-state index is 9.81. The smallest absolute Gasteiger partial charge is 0.151 e. The highest BCUT2D eigenvalue weighted by molar-refractivity contribution is 6.23. The number of carbonyl (C=O) groups is 1. The summed E-state index contributed by atoms with van der Waals surface area (Å²) < 4.78 is 0. The number of azo groups is 1. The van der Waals surface area contributed by atoms with E-state index in [1.807, 2.05) is 20.8 Å². The van der Waals surface area contributed by atoms with E-state index in [1.165, 1.54) is 0 Å². The Balaban J connectivity index is 0. The van der Waals surface area contributed by atoms with E-state index in [9.17, 15) is 4.79 Å². The van der Waals surface area contributed by atoms with Gasteiger partial charge in [-0.25, -0.2) is 0 Å². The molecule has 0 aromatic rings. The number of carbonyl (C=O) groups excluding carboxylic acids is 1. The number of ketones is 1. The van der Waals surface area contributed by atoms with Gasteiger partial charge >= 0.3 is 0 Å². The standard InChI is InChI=1S/C9H19ClN2.C4H8O/c1-6-8(3,4)11-12-9(5,10)7-2;1-3-4(2)5/h6-7H2,1-5H3;3H2,1-2H3. The van der Waals surface area contributed by atoms with E-state index in [0.29, 0.717) is 6.42 Å². The molecule has 0 bridgehead atoms. The van der Waals surface area contributed by atoms with Crippen LogP contribution < -0.4 is 0 Å². The van der Waals surface area contributed by atoms with Gasteiger partial charge in [0.25, 0.3) is 0 Å². The molecular formula is C13H27ClN2O. The summed E-state index contributed by atoms with van der Waals surface area (Å²) >= 11 is 6.02. The lowest BCUT2D eigenvalue weighted by atomic mass is 10.0. The average Bonchev–Trinajstić information content (AvgIpc) is 2.27. The van der Waals surface area contributed by atoms with Crippen molar-refractivity contribution in [2.24, 2.45) is 10.2 Å². The third-order valence-corrected chi connectivity index (χ3v) is 2.88. The first-order chi connectivity index (χ1) is 7.60. The Labute approximate surface area is 111 Å². The number of alkyl halides is 1. The second-order valence-corrected chi connectivity index (χ2v) is 5.73. The van der Waals surface area contributed by atoms with Crippen LogP contribution in [0.2, 0.25) is 0 Å². The van der Waals surface area contributed by atoms with Crippen LogP contribution in [-0.4, -0.2) is 16.3 Å². The monoisotopic (exact) mass is 262 g/mol. The molecule has 0 saturated heterocycles. The minimum Gasteiger partial charge on any atom is -0.300 e. The van der Waals surface area contributed by atoms with E-state index in [4.69, 9.17) is 11.6 Å². The zero-order chi connectivity index (χ0) is 14.1. The first-order valence-electron chi connectivity index (χ1n) is 6.22. The van der Waals surface area contributed by atoms with E-state index in [-0.39, 0.29) is 11.3 Å². The van der Waals surface area contributed by atoms with Crippen LogP contribution in [-0.2, 0) is 4.79 Å². The van der Waals surface area contributed by atoms with E-state index >= 15 is 0 Å². The molecule has 0 radical (unpaired) electrons. The van der Waals surface area contributed by atoms with Crippen LogP contribution >= 0.6 is 11.6 Å². The Bertz CT molecular complexity index is 230. The molecule has 0 aliphatic heterocycles. The molecule has 0 spiro atoms. The van der Waals surface area contributed by atoms with Crippen LogP contribution in [0.3, 0.4) is 0 Å². The first-order valence-corrected chi connectivity index (χ1v) is 6.60. The third-order valence-electron chi connectivity index (χ3n) is 2.54. The summed E-state index contributed by atoms with van der Waals surface area (Å²) in [5.41, 5.74) is -0.0781. The summed E-state index contributed by atoms with van der Waals surface area (Å²) in [7, 11) is 0. The van der Waals surface area contributed by atoms with Crippen molar-refractivity contribution in [3.8, 4) is 0 Å². The lowest BCUT2D eigenvalue weighted by Crippen LogP contribution is -2.17. The maximum atomic E-state index is 9.81. The molecule has 0 fully saturated rings. The second kappa shape index (κ2) is 8.62. The molecule has 0 rings (SSSR count). The molecule has 1 unspecified atom stereocenters. The van der Waals surface area contributed by atoms with Gasteiger partial charge in [-0.15, -0.1) is 0 Å². The fourth-order valence-electron chi connectivity index (χ4n) is 0.381. The minimum absolute atomic E-state index is 0.0781. The summed E-state index contributed by atoms with van der Waals surface area (Å²) in [5.74, 6) is 0.255. The van der Waals surface area contributed by atoms with Gasteiger partial charge in [0, 0.05) is 6.42 Å². The Morgan fingerprint density at radius 3 is 1.71 bits per heavy atom. The largest absolute Gasteiger partial charge is 0.300 e. The first kappa shape index (κ1) is 18.9. The molecule has 0 amide bonds. The van der Waals surface area contributed by atoms with Crippen LogP contribution in [0.1, 0.15) is 67.7 Å².